The van der Waals surface area contributed by atoms with Crippen LogP contribution in [0.2, 0.25) is 0 Å². The molecule has 0 bridgehead atoms. The molecule has 0 saturated carbocycles. The fraction of sp³-hybridized carbons (Fsp3) is 0.158. The molecule has 25 heavy (non-hydrogen) atoms. The molecule has 2 aromatic rings. The maximum Gasteiger partial charge on any atom is 0.363 e. The summed E-state index contributed by atoms with van der Waals surface area (Å²) in [5, 5.41) is 0. The second kappa shape index (κ2) is 7.09. The van der Waals surface area contributed by atoms with E-state index < -0.39 is 5.97 Å². The van der Waals surface area contributed by atoms with Crippen molar-refractivity contribution in [1.82, 2.24) is 0 Å². The third kappa shape index (κ3) is 3.63. The predicted molar refractivity (Wildman–Crippen MR) is 93.1 cm³/mol. The lowest BCUT2D eigenvalue weighted by atomic mass is 10.2. The van der Waals surface area contributed by atoms with Crippen LogP contribution in [0.25, 0.3) is 6.08 Å². The number of esters is 1. The molecule has 0 unspecified atom stereocenters. The predicted octanol–water partition coefficient (Wildman–Crippen LogP) is 3.06. The van der Waals surface area contributed by atoms with E-state index in [1.807, 2.05) is 24.3 Å². The molecule has 1 heterocycles. The van der Waals surface area contributed by atoms with E-state index in [0.29, 0.717) is 22.8 Å². The van der Waals surface area contributed by atoms with E-state index in [-0.39, 0.29) is 11.6 Å². The highest BCUT2D eigenvalue weighted by Gasteiger charge is 2.25. The third-order valence-corrected chi connectivity index (χ3v) is 3.62. The first-order chi connectivity index (χ1) is 12.1. The molecule has 0 amide bonds. The van der Waals surface area contributed by atoms with Crippen LogP contribution in [0, 0.1) is 0 Å². The van der Waals surface area contributed by atoms with Crippen molar-refractivity contribution < 1.29 is 23.7 Å². The summed E-state index contributed by atoms with van der Waals surface area (Å²) in [6, 6.07) is 12.5. The maximum absolute atomic E-state index is 12.1. The van der Waals surface area contributed by atoms with Gasteiger partial charge in [0.25, 0.3) is 0 Å². The Morgan fingerprint density at radius 2 is 1.60 bits per heavy atom. The molecular formula is C19H17NO5. The zero-order valence-electron chi connectivity index (χ0n) is 14.1. The molecule has 0 radical (unpaired) electrons. The number of ether oxygens (including phenoxy) is 4. The van der Waals surface area contributed by atoms with Crippen LogP contribution in [0.15, 0.2) is 53.2 Å². The number of hydrogen-bond acceptors (Lipinski definition) is 6. The van der Waals surface area contributed by atoms with E-state index in [2.05, 4.69) is 4.99 Å². The largest absolute Gasteiger partial charge is 0.497 e. The van der Waals surface area contributed by atoms with Crippen molar-refractivity contribution >= 4 is 17.9 Å². The number of rotatable bonds is 5. The summed E-state index contributed by atoms with van der Waals surface area (Å²) in [7, 11) is 4.69. The van der Waals surface area contributed by atoms with Gasteiger partial charge in [0, 0.05) is 11.6 Å². The average molecular weight is 339 g/mol. The van der Waals surface area contributed by atoms with Crippen molar-refractivity contribution in [1.29, 1.82) is 0 Å². The number of aliphatic imine (C=N–C) groups is 1. The fourth-order valence-corrected chi connectivity index (χ4v) is 2.35. The number of nitrogens with zero attached hydrogens (tertiary/aromatic N) is 1. The molecule has 6 heteroatoms. The van der Waals surface area contributed by atoms with E-state index in [1.54, 1.807) is 45.6 Å². The molecule has 0 spiro atoms. The fourth-order valence-electron chi connectivity index (χ4n) is 2.35. The van der Waals surface area contributed by atoms with Gasteiger partial charge >= 0.3 is 5.97 Å². The molecule has 3 rings (SSSR count). The standard InChI is InChI=1S/C19H17NO5/c1-22-14-6-4-5-12(7-14)8-17-19(21)25-18(20-17)13-9-15(23-2)11-16(10-13)24-3/h4-11H,1-3H3. The lowest BCUT2D eigenvalue weighted by Gasteiger charge is -2.07. The summed E-state index contributed by atoms with van der Waals surface area (Å²) < 4.78 is 20.9. The summed E-state index contributed by atoms with van der Waals surface area (Å²) in [6.07, 6.45) is 1.65. The first-order valence-electron chi connectivity index (χ1n) is 7.53. The molecule has 2 aromatic carbocycles. The lowest BCUT2D eigenvalue weighted by molar-refractivity contribution is -0.129. The SMILES string of the molecule is COc1cccc(C=C2N=C(c3cc(OC)cc(OC)c3)OC2=O)c1. The van der Waals surface area contributed by atoms with Gasteiger partial charge in [0.1, 0.15) is 17.2 Å². The molecule has 6 nitrogen and oxygen atoms in total. The van der Waals surface area contributed by atoms with Crippen molar-refractivity contribution in [3.63, 3.8) is 0 Å². The van der Waals surface area contributed by atoms with Crippen molar-refractivity contribution in [2.45, 2.75) is 0 Å². The van der Waals surface area contributed by atoms with Gasteiger partial charge in [0.05, 0.1) is 21.3 Å². The van der Waals surface area contributed by atoms with E-state index in [1.165, 1.54) is 0 Å². The van der Waals surface area contributed by atoms with Crippen LogP contribution in [0.3, 0.4) is 0 Å². The molecule has 0 saturated heterocycles. The van der Waals surface area contributed by atoms with Crippen LogP contribution >= 0.6 is 0 Å². The highest BCUT2D eigenvalue weighted by Crippen LogP contribution is 2.26. The van der Waals surface area contributed by atoms with Crippen LogP contribution < -0.4 is 14.2 Å². The Kier molecular flexibility index (Phi) is 4.70. The van der Waals surface area contributed by atoms with Crippen LogP contribution in [0.5, 0.6) is 17.2 Å². The van der Waals surface area contributed by atoms with Crippen molar-refractivity contribution in [3.05, 3.63) is 59.3 Å². The first-order valence-corrected chi connectivity index (χ1v) is 7.53. The Morgan fingerprint density at radius 3 is 2.24 bits per heavy atom. The van der Waals surface area contributed by atoms with E-state index in [0.717, 1.165) is 5.56 Å². The number of carbonyl (C=O) groups is 1. The number of hydrogen-bond donors (Lipinski definition) is 0. The van der Waals surface area contributed by atoms with E-state index in [4.69, 9.17) is 18.9 Å². The topological polar surface area (TPSA) is 66.3 Å². The Balaban J connectivity index is 1.96. The summed E-state index contributed by atoms with van der Waals surface area (Å²) in [6.45, 7) is 0. The zero-order valence-corrected chi connectivity index (χ0v) is 14.1. The molecule has 128 valence electrons. The van der Waals surface area contributed by atoms with Gasteiger partial charge in [-0.25, -0.2) is 9.79 Å². The monoisotopic (exact) mass is 339 g/mol. The van der Waals surface area contributed by atoms with Gasteiger partial charge in [-0.2, -0.15) is 0 Å². The number of benzene rings is 2. The summed E-state index contributed by atoms with van der Waals surface area (Å²) in [5.74, 6) is 1.55. The van der Waals surface area contributed by atoms with Gasteiger partial charge < -0.3 is 18.9 Å². The molecule has 0 N–H and O–H groups in total. The van der Waals surface area contributed by atoms with Crippen molar-refractivity contribution in [3.8, 4) is 17.2 Å². The van der Waals surface area contributed by atoms with Gasteiger partial charge in [-0.3, -0.25) is 0 Å². The summed E-state index contributed by atoms with van der Waals surface area (Å²) >= 11 is 0. The average Bonchev–Trinajstić information content (AvgIpc) is 3.02. The smallest absolute Gasteiger partial charge is 0.363 e. The molecule has 0 aliphatic carbocycles. The van der Waals surface area contributed by atoms with Crippen LogP contribution in [-0.4, -0.2) is 33.2 Å². The van der Waals surface area contributed by atoms with E-state index >= 15 is 0 Å². The number of methoxy groups -OCH3 is 3. The van der Waals surface area contributed by atoms with Gasteiger partial charge in [-0.05, 0) is 35.9 Å². The van der Waals surface area contributed by atoms with Crippen molar-refractivity contribution in [2.75, 3.05) is 21.3 Å². The maximum atomic E-state index is 12.1. The quantitative estimate of drug-likeness (QED) is 0.619. The molecule has 0 atom stereocenters. The van der Waals surface area contributed by atoms with Gasteiger partial charge in [0.2, 0.25) is 5.90 Å². The molecule has 0 fully saturated rings. The normalized spacial score (nSPS) is 14.9. The van der Waals surface area contributed by atoms with Gasteiger partial charge in [0.15, 0.2) is 5.70 Å². The molecular weight excluding hydrogens is 322 g/mol. The summed E-state index contributed by atoms with van der Waals surface area (Å²) in [5.41, 5.74) is 1.60. The zero-order chi connectivity index (χ0) is 17.8. The summed E-state index contributed by atoms with van der Waals surface area (Å²) in [4.78, 5) is 16.4. The first kappa shape index (κ1) is 16.6. The second-order valence-corrected chi connectivity index (χ2v) is 5.21. The molecule has 1 aliphatic heterocycles. The highest BCUT2D eigenvalue weighted by atomic mass is 16.6. The number of cyclic esters (lactones) is 1. The van der Waals surface area contributed by atoms with E-state index in [9.17, 15) is 4.79 Å². The minimum absolute atomic E-state index is 0.205. The van der Waals surface area contributed by atoms with Crippen LogP contribution in [-0.2, 0) is 9.53 Å². The third-order valence-electron chi connectivity index (χ3n) is 3.62. The Hall–Kier alpha value is -3.28. The molecule has 0 aromatic heterocycles. The Labute approximate surface area is 145 Å². The van der Waals surface area contributed by atoms with Gasteiger partial charge in [-0.15, -0.1) is 0 Å². The van der Waals surface area contributed by atoms with Crippen molar-refractivity contribution in [2.24, 2.45) is 4.99 Å². The number of carbonyl (C=O) groups excluding carboxylic acids is 1. The molecule has 1 aliphatic rings. The van der Waals surface area contributed by atoms with Crippen LogP contribution in [0.4, 0.5) is 0 Å². The van der Waals surface area contributed by atoms with Gasteiger partial charge in [-0.1, -0.05) is 12.1 Å². The minimum Gasteiger partial charge on any atom is -0.497 e. The Morgan fingerprint density at radius 1 is 0.920 bits per heavy atom. The lowest BCUT2D eigenvalue weighted by Crippen LogP contribution is -2.06. The van der Waals surface area contributed by atoms with Crippen LogP contribution in [0.1, 0.15) is 11.1 Å². The minimum atomic E-state index is -0.514. The second-order valence-electron chi connectivity index (χ2n) is 5.21. The Bertz CT molecular complexity index is 848. The highest BCUT2D eigenvalue weighted by molar-refractivity contribution is 6.13.